The lowest BCUT2D eigenvalue weighted by atomic mass is 10.1. The Kier molecular flexibility index (Phi) is 3.66. The highest BCUT2D eigenvalue weighted by molar-refractivity contribution is 5.79. The Balaban J connectivity index is 1.52. The van der Waals surface area contributed by atoms with Crippen LogP contribution < -0.4 is 10.6 Å². The predicted octanol–water partition coefficient (Wildman–Crippen LogP) is 0.827. The van der Waals surface area contributed by atoms with E-state index in [9.17, 15) is 9.59 Å². The molecule has 0 spiro atoms. The van der Waals surface area contributed by atoms with Crippen molar-refractivity contribution in [1.82, 2.24) is 20.8 Å². The molecule has 1 aromatic rings. The fourth-order valence-corrected chi connectivity index (χ4v) is 2.78. The van der Waals surface area contributed by atoms with Crippen molar-refractivity contribution in [3.05, 3.63) is 11.7 Å². The van der Waals surface area contributed by atoms with Crippen molar-refractivity contribution in [2.45, 2.75) is 51.1 Å². The van der Waals surface area contributed by atoms with Crippen LogP contribution in [0, 0.1) is 5.92 Å². The number of rotatable bonds is 4. The molecule has 0 radical (unpaired) electrons. The fourth-order valence-electron chi connectivity index (χ4n) is 2.78. The topological polar surface area (TPSA) is 97.1 Å². The summed E-state index contributed by atoms with van der Waals surface area (Å²) < 4.78 is 5.13. The molecule has 1 atom stereocenters. The van der Waals surface area contributed by atoms with E-state index in [1.807, 2.05) is 0 Å². The van der Waals surface area contributed by atoms with Gasteiger partial charge in [0, 0.05) is 12.3 Å². The van der Waals surface area contributed by atoms with E-state index in [0.717, 1.165) is 25.7 Å². The van der Waals surface area contributed by atoms with Gasteiger partial charge in [0.15, 0.2) is 5.82 Å². The van der Waals surface area contributed by atoms with Gasteiger partial charge in [0.2, 0.25) is 17.7 Å². The first kappa shape index (κ1) is 13.1. The zero-order valence-electron chi connectivity index (χ0n) is 11.2. The lowest BCUT2D eigenvalue weighted by Crippen LogP contribution is -2.29. The van der Waals surface area contributed by atoms with Gasteiger partial charge in [-0.15, -0.1) is 0 Å². The van der Waals surface area contributed by atoms with E-state index in [0.29, 0.717) is 24.6 Å². The molecule has 0 bridgehead atoms. The normalized spacial score (nSPS) is 23.0. The summed E-state index contributed by atoms with van der Waals surface area (Å²) in [5.41, 5.74) is 0. The van der Waals surface area contributed by atoms with E-state index in [1.165, 1.54) is 0 Å². The summed E-state index contributed by atoms with van der Waals surface area (Å²) in [6, 6.07) is -0.186. The number of hydrogen-bond donors (Lipinski definition) is 2. The van der Waals surface area contributed by atoms with Crippen LogP contribution in [0.25, 0.3) is 0 Å². The maximum Gasteiger partial charge on any atom is 0.249 e. The molecule has 1 aliphatic carbocycles. The molecular weight excluding hydrogens is 260 g/mol. The number of nitrogens with one attached hydrogen (secondary N) is 2. The van der Waals surface area contributed by atoms with Crippen LogP contribution >= 0.6 is 0 Å². The van der Waals surface area contributed by atoms with Crippen molar-refractivity contribution >= 4 is 11.8 Å². The fraction of sp³-hybridized carbons (Fsp3) is 0.692. The van der Waals surface area contributed by atoms with Crippen LogP contribution in [0.1, 0.15) is 56.3 Å². The average molecular weight is 278 g/mol. The summed E-state index contributed by atoms with van der Waals surface area (Å²) in [5.74, 6) is 1.08. The van der Waals surface area contributed by atoms with Crippen molar-refractivity contribution in [3.8, 4) is 0 Å². The lowest BCUT2D eigenvalue weighted by molar-refractivity contribution is -0.125. The van der Waals surface area contributed by atoms with Gasteiger partial charge in [-0.1, -0.05) is 18.0 Å². The highest BCUT2D eigenvalue weighted by Gasteiger charge is 2.27. The second-order valence-electron chi connectivity index (χ2n) is 5.41. The van der Waals surface area contributed by atoms with Gasteiger partial charge in [-0.2, -0.15) is 4.98 Å². The number of amides is 2. The van der Waals surface area contributed by atoms with Crippen LogP contribution in [0.5, 0.6) is 0 Å². The zero-order chi connectivity index (χ0) is 13.9. The van der Waals surface area contributed by atoms with Crippen molar-refractivity contribution in [2.75, 3.05) is 0 Å². The highest BCUT2D eigenvalue weighted by atomic mass is 16.5. The van der Waals surface area contributed by atoms with Crippen molar-refractivity contribution in [3.63, 3.8) is 0 Å². The Morgan fingerprint density at radius 3 is 2.85 bits per heavy atom. The van der Waals surface area contributed by atoms with Gasteiger partial charge >= 0.3 is 0 Å². The van der Waals surface area contributed by atoms with Crippen LogP contribution in [-0.4, -0.2) is 22.0 Å². The maximum absolute atomic E-state index is 11.9. The van der Waals surface area contributed by atoms with Gasteiger partial charge in [-0.25, -0.2) is 0 Å². The maximum atomic E-state index is 11.9. The molecule has 1 saturated heterocycles. The Labute approximate surface area is 116 Å². The summed E-state index contributed by atoms with van der Waals surface area (Å²) in [6.07, 6.45) is 5.36. The van der Waals surface area contributed by atoms with Gasteiger partial charge in [-0.05, 0) is 19.3 Å². The van der Waals surface area contributed by atoms with Crippen molar-refractivity contribution < 1.29 is 14.1 Å². The van der Waals surface area contributed by atoms with Crippen LogP contribution in [0.3, 0.4) is 0 Å². The molecular formula is C13H18N4O3. The molecule has 1 aliphatic heterocycles. The van der Waals surface area contributed by atoms with Crippen molar-refractivity contribution in [2.24, 2.45) is 5.92 Å². The first-order valence-electron chi connectivity index (χ1n) is 7.12. The molecule has 2 amide bonds. The minimum atomic E-state index is -0.186. The number of aromatic nitrogens is 2. The Morgan fingerprint density at radius 1 is 1.35 bits per heavy atom. The lowest BCUT2D eigenvalue weighted by Gasteiger charge is -2.08. The standard InChI is InChI=1S/C13H18N4O3/c18-11-6-5-9(15-11)13-16-10(17-20-13)7-14-12(19)8-3-1-2-4-8/h8-9H,1-7H2,(H,14,19)(H,15,18)/t9-/m0/s1. The number of nitrogens with zero attached hydrogens (tertiary/aromatic N) is 2. The summed E-state index contributed by atoms with van der Waals surface area (Å²) in [7, 11) is 0. The minimum absolute atomic E-state index is 0.00397. The van der Waals surface area contributed by atoms with Gasteiger partial charge in [-0.3, -0.25) is 9.59 Å². The summed E-state index contributed by atoms with van der Waals surface area (Å²) >= 11 is 0. The molecule has 108 valence electrons. The summed E-state index contributed by atoms with van der Waals surface area (Å²) in [6.45, 7) is 0.277. The first-order valence-corrected chi connectivity index (χ1v) is 7.12. The molecule has 0 aromatic carbocycles. The number of carbonyl (C=O) groups excluding carboxylic acids is 2. The molecule has 20 heavy (non-hydrogen) atoms. The summed E-state index contributed by atoms with van der Waals surface area (Å²) in [4.78, 5) is 27.2. The van der Waals surface area contributed by atoms with Crippen LogP contribution in [0.2, 0.25) is 0 Å². The van der Waals surface area contributed by atoms with Gasteiger partial charge in [0.25, 0.3) is 0 Å². The molecule has 2 heterocycles. The van der Waals surface area contributed by atoms with E-state index in [4.69, 9.17) is 4.52 Å². The number of hydrogen-bond acceptors (Lipinski definition) is 5. The third kappa shape index (κ3) is 2.81. The molecule has 3 rings (SSSR count). The molecule has 2 fully saturated rings. The minimum Gasteiger partial charge on any atom is -0.348 e. The zero-order valence-corrected chi connectivity index (χ0v) is 11.2. The van der Waals surface area contributed by atoms with E-state index in [1.54, 1.807) is 0 Å². The Morgan fingerprint density at radius 2 is 2.15 bits per heavy atom. The van der Waals surface area contributed by atoms with E-state index >= 15 is 0 Å². The van der Waals surface area contributed by atoms with Crippen molar-refractivity contribution in [1.29, 1.82) is 0 Å². The smallest absolute Gasteiger partial charge is 0.249 e. The van der Waals surface area contributed by atoms with E-state index < -0.39 is 0 Å². The van der Waals surface area contributed by atoms with E-state index in [2.05, 4.69) is 20.8 Å². The first-order chi connectivity index (χ1) is 9.72. The molecule has 0 unspecified atom stereocenters. The number of carbonyl (C=O) groups is 2. The molecule has 2 N–H and O–H groups in total. The van der Waals surface area contributed by atoms with Crippen LogP contribution in [-0.2, 0) is 16.1 Å². The Hall–Kier alpha value is -1.92. The predicted molar refractivity (Wildman–Crippen MR) is 68.2 cm³/mol. The molecule has 1 saturated carbocycles. The average Bonchev–Trinajstić information content (AvgIpc) is 3.16. The molecule has 1 aromatic heterocycles. The molecule has 7 heteroatoms. The van der Waals surface area contributed by atoms with E-state index in [-0.39, 0.29) is 30.3 Å². The monoisotopic (exact) mass is 278 g/mol. The van der Waals surface area contributed by atoms with Crippen LogP contribution in [0.4, 0.5) is 0 Å². The van der Waals surface area contributed by atoms with Gasteiger partial charge in [0.1, 0.15) is 6.04 Å². The second-order valence-corrected chi connectivity index (χ2v) is 5.41. The largest absolute Gasteiger partial charge is 0.348 e. The molecule has 7 nitrogen and oxygen atoms in total. The van der Waals surface area contributed by atoms with Gasteiger partial charge < -0.3 is 15.2 Å². The SMILES string of the molecule is O=C1CC[C@@H](c2nc(CNC(=O)C3CCCC3)no2)N1. The van der Waals surface area contributed by atoms with Crippen LogP contribution in [0.15, 0.2) is 4.52 Å². The third-order valence-electron chi connectivity index (χ3n) is 3.92. The highest BCUT2D eigenvalue weighted by Crippen LogP contribution is 2.25. The molecule has 2 aliphatic rings. The third-order valence-corrected chi connectivity index (χ3v) is 3.92. The second kappa shape index (κ2) is 5.60. The Bertz CT molecular complexity index is 507. The summed E-state index contributed by atoms with van der Waals surface area (Å²) in [5, 5.41) is 9.45. The van der Waals surface area contributed by atoms with Gasteiger partial charge in [0.05, 0.1) is 6.54 Å². The quantitative estimate of drug-likeness (QED) is 0.850.